The fourth-order valence-electron chi connectivity index (χ4n) is 1.12. The molecule has 68 valence electrons. The Balaban J connectivity index is 3.16. The van der Waals surface area contributed by atoms with Crippen LogP contribution in [0.4, 0.5) is 13.2 Å². The molecule has 1 aromatic heterocycles. The van der Waals surface area contributed by atoms with Gasteiger partial charge in [-0.05, 0) is 6.42 Å². The molecule has 0 amide bonds. The monoisotopic (exact) mass is 178 g/mol. The highest BCUT2D eigenvalue weighted by Gasteiger charge is 2.35. The van der Waals surface area contributed by atoms with Gasteiger partial charge in [-0.25, -0.2) is 0 Å². The van der Waals surface area contributed by atoms with Crippen LogP contribution in [-0.4, -0.2) is 9.78 Å². The van der Waals surface area contributed by atoms with Crippen molar-refractivity contribution in [2.75, 3.05) is 0 Å². The molecule has 0 spiro atoms. The van der Waals surface area contributed by atoms with Crippen LogP contribution in [0.1, 0.15) is 18.2 Å². The molecule has 0 aliphatic heterocycles. The van der Waals surface area contributed by atoms with E-state index in [1.165, 1.54) is 11.7 Å². The Morgan fingerprint density at radius 1 is 1.50 bits per heavy atom. The van der Waals surface area contributed by atoms with E-state index in [-0.39, 0.29) is 5.69 Å². The highest BCUT2D eigenvalue weighted by Crippen LogP contribution is 2.31. The van der Waals surface area contributed by atoms with Gasteiger partial charge in [0.15, 0.2) is 0 Å². The number of alkyl halides is 3. The molecule has 2 nitrogen and oxygen atoms in total. The number of hydrogen-bond acceptors (Lipinski definition) is 1. The Bertz CT molecular complexity index is 275. The number of aromatic nitrogens is 2. The minimum absolute atomic E-state index is 0.225. The van der Waals surface area contributed by atoms with Gasteiger partial charge in [-0.15, -0.1) is 0 Å². The van der Waals surface area contributed by atoms with Crippen molar-refractivity contribution in [2.45, 2.75) is 19.5 Å². The second kappa shape index (κ2) is 2.80. The molecule has 1 heterocycles. The van der Waals surface area contributed by atoms with Crippen molar-refractivity contribution in [1.29, 1.82) is 0 Å². The summed E-state index contributed by atoms with van der Waals surface area (Å²) in [5.41, 5.74) is -0.407. The van der Waals surface area contributed by atoms with E-state index in [9.17, 15) is 13.2 Å². The maximum absolute atomic E-state index is 12.2. The van der Waals surface area contributed by atoms with Gasteiger partial charge >= 0.3 is 6.18 Å². The lowest BCUT2D eigenvalue weighted by Gasteiger charge is -2.06. The standard InChI is InChI=1S/C7H9F3N2/c1-3-6-5(7(8,9)10)4-11-12(6)2/h4H,3H2,1-2H3. The molecule has 0 fully saturated rings. The first-order valence-corrected chi connectivity index (χ1v) is 3.55. The van der Waals surface area contributed by atoms with Crippen LogP contribution in [0.15, 0.2) is 6.20 Å². The van der Waals surface area contributed by atoms with Crippen molar-refractivity contribution in [2.24, 2.45) is 7.05 Å². The van der Waals surface area contributed by atoms with Gasteiger partial charge in [0.1, 0.15) is 0 Å². The summed E-state index contributed by atoms with van der Waals surface area (Å²) in [6, 6.07) is 0. The van der Waals surface area contributed by atoms with Crippen molar-refractivity contribution in [3.63, 3.8) is 0 Å². The van der Waals surface area contributed by atoms with Crippen LogP contribution in [0.3, 0.4) is 0 Å². The summed E-state index contributed by atoms with van der Waals surface area (Å²) in [5.74, 6) is 0. The highest BCUT2D eigenvalue weighted by atomic mass is 19.4. The van der Waals surface area contributed by atoms with Gasteiger partial charge in [-0.3, -0.25) is 4.68 Å². The first kappa shape index (κ1) is 9.09. The van der Waals surface area contributed by atoms with E-state index in [1.54, 1.807) is 6.92 Å². The Hall–Kier alpha value is -1.00. The molecule has 0 aromatic carbocycles. The fraction of sp³-hybridized carbons (Fsp3) is 0.571. The number of hydrogen-bond donors (Lipinski definition) is 0. The van der Waals surface area contributed by atoms with Gasteiger partial charge in [-0.1, -0.05) is 6.92 Å². The molecule has 0 bridgehead atoms. The van der Waals surface area contributed by atoms with E-state index in [0.717, 1.165) is 6.20 Å². The van der Waals surface area contributed by atoms with E-state index in [1.807, 2.05) is 0 Å². The third kappa shape index (κ3) is 1.44. The normalized spacial score (nSPS) is 12.1. The number of halogens is 3. The minimum atomic E-state index is -4.28. The quantitative estimate of drug-likeness (QED) is 0.643. The summed E-state index contributed by atoms with van der Waals surface area (Å²) in [7, 11) is 1.51. The second-order valence-electron chi connectivity index (χ2n) is 2.48. The summed E-state index contributed by atoms with van der Waals surface area (Å²) < 4.78 is 37.8. The Kier molecular flexibility index (Phi) is 2.12. The first-order valence-electron chi connectivity index (χ1n) is 3.55. The molecule has 0 unspecified atom stereocenters. The summed E-state index contributed by atoms with van der Waals surface area (Å²) in [6.07, 6.45) is -3.08. The lowest BCUT2D eigenvalue weighted by molar-refractivity contribution is -0.138. The zero-order valence-electron chi connectivity index (χ0n) is 6.81. The van der Waals surface area contributed by atoms with Crippen molar-refractivity contribution in [3.05, 3.63) is 17.5 Å². The molecule has 0 saturated heterocycles. The SMILES string of the molecule is CCc1c(C(F)(F)F)cnn1C. The molecule has 1 rings (SSSR count). The van der Waals surface area contributed by atoms with Crippen LogP contribution in [-0.2, 0) is 19.6 Å². The van der Waals surface area contributed by atoms with Gasteiger partial charge in [0.25, 0.3) is 0 Å². The number of rotatable bonds is 1. The molecule has 0 saturated carbocycles. The van der Waals surface area contributed by atoms with Crippen LogP contribution >= 0.6 is 0 Å². The first-order chi connectivity index (χ1) is 5.46. The summed E-state index contributed by atoms with van der Waals surface area (Å²) in [6.45, 7) is 1.67. The van der Waals surface area contributed by atoms with Crippen molar-refractivity contribution in [1.82, 2.24) is 9.78 Å². The largest absolute Gasteiger partial charge is 0.419 e. The van der Waals surface area contributed by atoms with Gasteiger partial charge in [0.05, 0.1) is 17.5 Å². The van der Waals surface area contributed by atoms with Crippen molar-refractivity contribution < 1.29 is 13.2 Å². The van der Waals surface area contributed by atoms with Crippen LogP contribution in [0.2, 0.25) is 0 Å². The van der Waals surface area contributed by atoms with E-state index >= 15 is 0 Å². The molecular weight excluding hydrogens is 169 g/mol. The Morgan fingerprint density at radius 3 is 2.42 bits per heavy atom. The maximum Gasteiger partial charge on any atom is 0.419 e. The smallest absolute Gasteiger partial charge is 0.272 e. The molecule has 0 aliphatic rings. The Morgan fingerprint density at radius 2 is 2.08 bits per heavy atom. The lowest BCUT2D eigenvalue weighted by atomic mass is 10.2. The topological polar surface area (TPSA) is 17.8 Å². The molecule has 0 aliphatic carbocycles. The van der Waals surface area contributed by atoms with Crippen LogP contribution in [0.25, 0.3) is 0 Å². The van der Waals surface area contributed by atoms with E-state index < -0.39 is 11.7 Å². The molecule has 0 radical (unpaired) electrons. The molecule has 0 N–H and O–H groups in total. The van der Waals surface area contributed by atoms with Crippen molar-refractivity contribution in [3.8, 4) is 0 Å². The lowest BCUT2D eigenvalue weighted by Crippen LogP contribution is -2.08. The van der Waals surface area contributed by atoms with Gasteiger partial charge in [0, 0.05) is 7.05 Å². The molecular formula is C7H9F3N2. The summed E-state index contributed by atoms with van der Waals surface area (Å²) in [4.78, 5) is 0. The molecule has 1 aromatic rings. The number of nitrogens with zero attached hydrogens (tertiary/aromatic N) is 2. The number of aryl methyl sites for hydroxylation is 1. The summed E-state index contributed by atoms with van der Waals surface area (Å²) in [5, 5.41) is 3.55. The molecule has 12 heavy (non-hydrogen) atoms. The van der Waals surface area contributed by atoms with Gasteiger partial charge < -0.3 is 0 Å². The highest BCUT2D eigenvalue weighted by molar-refractivity contribution is 5.20. The molecule has 0 atom stereocenters. The van der Waals surface area contributed by atoms with E-state index in [0.29, 0.717) is 6.42 Å². The maximum atomic E-state index is 12.2. The fourth-order valence-corrected chi connectivity index (χ4v) is 1.12. The minimum Gasteiger partial charge on any atom is -0.272 e. The zero-order valence-corrected chi connectivity index (χ0v) is 6.81. The average Bonchev–Trinajstić information content (AvgIpc) is 2.29. The Labute approximate surface area is 68.0 Å². The van der Waals surface area contributed by atoms with Crippen molar-refractivity contribution >= 4 is 0 Å². The van der Waals surface area contributed by atoms with Crippen LogP contribution in [0.5, 0.6) is 0 Å². The average molecular weight is 178 g/mol. The molecule has 5 heteroatoms. The van der Waals surface area contributed by atoms with E-state index in [2.05, 4.69) is 5.10 Å². The third-order valence-corrected chi connectivity index (χ3v) is 1.70. The van der Waals surface area contributed by atoms with Crippen LogP contribution < -0.4 is 0 Å². The predicted molar refractivity (Wildman–Crippen MR) is 37.6 cm³/mol. The summed E-state index contributed by atoms with van der Waals surface area (Å²) >= 11 is 0. The third-order valence-electron chi connectivity index (χ3n) is 1.70. The van der Waals surface area contributed by atoms with Gasteiger partial charge in [-0.2, -0.15) is 18.3 Å². The van der Waals surface area contributed by atoms with Gasteiger partial charge in [0.2, 0.25) is 0 Å². The zero-order chi connectivity index (χ0) is 9.35. The van der Waals surface area contributed by atoms with E-state index in [4.69, 9.17) is 0 Å². The predicted octanol–water partition coefficient (Wildman–Crippen LogP) is 2.00. The second-order valence-corrected chi connectivity index (χ2v) is 2.48. The van der Waals surface area contributed by atoms with Crippen LogP contribution in [0, 0.1) is 0 Å².